The van der Waals surface area contributed by atoms with E-state index in [1.54, 1.807) is 22.7 Å². The van der Waals surface area contributed by atoms with Gasteiger partial charge in [0.2, 0.25) is 0 Å². The second-order valence-electron chi connectivity index (χ2n) is 3.63. The molecule has 6 heteroatoms. The average Bonchev–Trinajstić information content (AvgIpc) is 3.03. The van der Waals surface area contributed by atoms with Crippen molar-refractivity contribution in [2.45, 2.75) is 6.54 Å². The summed E-state index contributed by atoms with van der Waals surface area (Å²) in [6, 6.07) is 4.13. The zero-order valence-corrected chi connectivity index (χ0v) is 11.6. The van der Waals surface area contributed by atoms with Crippen LogP contribution in [0, 0.1) is 0 Å². The number of nitrogens with one attached hydrogen (secondary N) is 1. The second kappa shape index (κ2) is 7.60. The highest BCUT2D eigenvalue weighted by atomic mass is 32.1. The Balaban J connectivity index is 1.71. The van der Waals surface area contributed by atoms with Crippen LogP contribution in [-0.2, 0) is 11.3 Å². The van der Waals surface area contributed by atoms with Crippen LogP contribution in [0.15, 0.2) is 22.9 Å². The zero-order chi connectivity index (χ0) is 12.6. The lowest BCUT2D eigenvalue weighted by Gasteiger charge is -2.03. The highest BCUT2D eigenvalue weighted by Gasteiger charge is 2.04. The average molecular weight is 284 g/mol. The van der Waals surface area contributed by atoms with Gasteiger partial charge in [-0.05, 0) is 11.4 Å². The lowest BCUT2D eigenvalue weighted by molar-refractivity contribution is 0.0937. The molecule has 0 radical (unpaired) electrons. The first-order chi connectivity index (χ1) is 8.90. The molecule has 4 nitrogen and oxygen atoms in total. The van der Waals surface area contributed by atoms with Crippen molar-refractivity contribution in [1.82, 2.24) is 10.3 Å². The molecule has 0 atom stereocenters. The largest absolute Gasteiger partial charge is 0.394 e. The first kappa shape index (κ1) is 13.6. The monoisotopic (exact) mass is 284 g/mol. The van der Waals surface area contributed by atoms with E-state index >= 15 is 0 Å². The van der Waals surface area contributed by atoms with E-state index in [0.29, 0.717) is 13.2 Å². The predicted molar refractivity (Wildman–Crippen MR) is 75.0 cm³/mol. The van der Waals surface area contributed by atoms with Gasteiger partial charge in [0.05, 0.1) is 30.4 Å². The summed E-state index contributed by atoms with van der Waals surface area (Å²) in [5.41, 5.74) is 1.06. The highest BCUT2D eigenvalue weighted by Crippen LogP contribution is 2.27. The maximum atomic E-state index is 8.54. The zero-order valence-electron chi connectivity index (χ0n) is 9.96. The summed E-state index contributed by atoms with van der Waals surface area (Å²) >= 11 is 3.38. The Morgan fingerprint density at radius 1 is 1.33 bits per heavy atom. The molecular formula is C12H16N2O2S2. The standard InChI is InChI=1S/C12H16N2O2S2/c15-4-6-16-5-3-13-8-10-9-18-12(14-10)11-2-1-7-17-11/h1-2,7,9,13,15H,3-6,8H2. The minimum absolute atomic E-state index is 0.0796. The fourth-order valence-corrected chi connectivity index (χ4v) is 3.06. The van der Waals surface area contributed by atoms with Crippen molar-refractivity contribution in [2.24, 2.45) is 0 Å². The van der Waals surface area contributed by atoms with Gasteiger partial charge in [-0.15, -0.1) is 22.7 Å². The maximum absolute atomic E-state index is 8.54. The van der Waals surface area contributed by atoms with E-state index in [1.165, 1.54) is 4.88 Å². The molecule has 0 aliphatic rings. The first-order valence-corrected chi connectivity index (χ1v) is 7.53. The van der Waals surface area contributed by atoms with E-state index in [4.69, 9.17) is 9.84 Å². The molecule has 0 aliphatic heterocycles. The van der Waals surface area contributed by atoms with Crippen molar-refractivity contribution in [3.05, 3.63) is 28.6 Å². The molecule has 2 aromatic rings. The van der Waals surface area contributed by atoms with E-state index in [0.717, 1.165) is 23.8 Å². The second-order valence-corrected chi connectivity index (χ2v) is 5.44. The van der Waals surface area contributed by atoms with E-state index in [2.05, 4.69) is 27.1 Å². The third-order valence-corrected chi connectivity index (χ3v) is 4.18. The molecule has 0 aliphatic carbocycles. The number of rotatable bonds is 8. The van der Waals surface area contributed by atoms with Crippen LogP contribution >= 0.6 is 22.7 Å². The van der Waals surface area contributed by atoms with Crippen LogP contribution < -0.4 is 5.32 Å². The molecule has 98 valence electrons. The number of thiazole rings is 1. The SMILES string of the molecule is OCCOCCNCc1csc(-c2cccs2)n1. The third kappa shape index (κ3) is 4.15. The van der Waals surface area contributed by atoms with Crippen molar-refractivity contribution in [3.8, 4) is 9.88 Å². The van der Waals surface area contributed by atoms with Gasteiger partial charge in [-0.2, -0.15) is 0 Å². The van der Waals surface area contributed by atoms with Crippen molar-refractivity contribution in [2.75, 3.05) is 26.4 Å². The Bertz CT molecular complexity index is 443. The van der Waals surface area contributed by atoms with E-state index in [-0.39, 0.29) is 6.61 Å². The molecular weight excluding hydrogens is 268 g/mol. The van der Waals surface area contributed by atoms with Crippen molar-refractivity contribution in [1.29, 1.82) is 0 Å². The van der Waals surface area contributed by atoms with E-state index < -0.39 is 0 Å². The normalized spacial score (nSPS) is 10.9. The molecule has 0 unspecified atom stereocenters. The van der Waals surface area contributed by atoms with Gasteiger partial charge in [-0.25, -0.2) is 4.98 Å². The minimum atomic E-state index is 0.0796. The molecule has 0 aromatic carbocycles. The van der Waals surface area contributed by atoms with Gasteiger partial charge in [0.15, 0.2) is 0 Å². The summed E-state index contributed by atoms with van der Waals surface area (Å²) in [4.78, 5) is 5.79. The van der Waals surface area contributed by atoms with E-state index in [9.17, 15) is 0 Å². The molecule has 2 heterocycles. The van der Waals surface area contributed by atoms with Gasteiger partial charge in [-0.1, -0.05) is 6.07 Å². The minimum Gasteiger partial charge on any atom is -0.394 e. The lowest BCUT2D eigenvalue weighted by atomic mass is 10.4. The number of ether oxygens (including phenoxy) is 1. The van der Waals surface area contributed by atoms with Crippen LogP contribution in [0.5, 0.6) is 0 Å². The number of hydrogen-bond donors (Lipinski definition) is 2. The summed E-state index contributed by atoms with van der Waals surface area (Å²) in [5, 5.41) is 17.0. The van der Waals surface area contributed by atoms with Crippen LogP contribution in [0.3, 0.4) is 0 Å². The van der Waals surface area contributed by atoms with Crippen molar-refractivity contribution in [3.63, 3.8) is 0 Å². The Morgan fingerprint density at radius 3 is 3.06 bits per heavy atom. The molecule has 0 amide bonds. The summed E-state index contributed by atoms with van der Waals surface area (Å²) < 4.78 is 5.16. The van der Waals surface area contributed by atoms with Crippen LogP contribution in [0.1, 0.15) is 5.69 Å². The summed E-state index contributed by atoms with van der Waals surface area (Å²) in [6.07, 6.45) is 0. The lowest BCUT2D eigenvalue weighted by Crippen LogP contribution is -2.20. The Labute approximate surface area is 114 Å². The smallest absolute Gasteiger partial charge is 0.133 e. The third-order valence-electron chi connectivity index (χ3n) is 2.25. The number of hydrogen-bond acceptors (Lipinski definition) is 6. The van der Waals surface area contributed by atoms with Gasteiger partial charge in [0.25, 0.3) is 0 Å². The fourth-order valence-electron chi connectivity index (χ4n) is 1.43. The Hall–Kier alpha value is -0.790. The summed E-state index contributed by atoms with van der Waals surface area (Å²) in [6.45, 7) is 2.62. The van der Waals surface area contributed by atoms with Gasteiger partial charge < -0.3 is 15.2 Å². The molecule has 0 saturated carbocycles. The Morgan fingerprint density at radius 2 is 2.28 bits per heavy atom. The summed E-state index contributed by atoms with van der Waals surface area (Å²) in [7, 11) is 0. The number of aliphatic hydroxyl groups excluding tert-OH is 1. The van der Waals surface area contributed by atoms with Crippen molar-refractivity contribution < 1.29 is 9.84 Å². The van der Waals surface area contributed by atoms with Gasteiger partial charge >= 0.3 is 0 Å². The van der Waals surface area contributed by atoms with Gasteiger partial charge in [0.1, 0.15) is 5.01 Å². The summed E-state index contributed by atoms with van der Waals surface area (Å²) in [5.74, 6) is 0. The molecule has 18 heavy (non-hydrogen) atoms. The molecule has 0 bridgehead atoms. The molecule has 0 spiro atoms. The van der Waals surface area contributed by atoms with Crippen LogP contribution in [-0.4, -0.2) is 36.5 Å². The van der Waals surface area contributed by atoms with Crippen molar-refractivity contribution >= 4 is 22.7 Å². The van der Waals surface area contributed by atoms with Crippen LogP contribution in [0.4, 0.5) is 0 Å². The fraction of sp³-hybridized carbons (Fsp3) is 0.417. The predicted octanol–water partition coefficient (Wildman–Crippen LogP) is 1.97. The maximum Gasteiger partial charge on any atom is 0.133 e. The quantitative estimate of drug-likeness (QED) is 0.728. The number of aliphatic hydroxyl groups is 1. The number of nitrogens with zero attached hydrogens (tertiary/aromatic N) is 1. The molecule has 0 saturated heterocycles. The Kier molecular flexibility index (Phi) is 5.76. The first-order valence-electron chi connectivity index (χ1n) is 5.78. The number of aromatic nitrogens is 1. The van der Waals surface area contributed by atoms with Crippen LogP contribution in [0.25, 0.3) is 9.88 Å². The highest BCUT2D eigenvalue weighted by molar-refractivity contribution is 7.20. The topological polar surface area (TPSA) is 54.4 Å². The molecule has 2 rings (SSSR count). The van der Waals surface area contributed by atoms with Gasteiger partial charge in [-0.3, -0.25) is 0 Å². The molecule has 2 aromatic heterocycles. The van der Waals surface area contributed by atoms with Crippen LogP contribution in [0.2, 0.25) is 0 Å². The molecule has 0 fully saturated rings. The molecule has 2 N–H and O–H groups in total. The number of thiophene rings is 1. The van der Waals surface area contributed by atoms with Gasteiger partial charge in [0, 0.05) is 18.5 Å². The van der Waals surface area contributed by atoms with E-state index in [1.807, 2.05) is 6.07 Å².